The summed E-state index contributed by atoms with van der Waals surface area (Å²) in [6.45, 7) is 16.7. The van der Waals surface area contributed by atoms with Gasteiger partial charge in [-0.2, -0.15) is 0 Å². The second-order valence-electron chi connectivity index (χ2n) is 16.2. The number of carbonyl (C=O) groups is 3. The van der Waals surface area contributed by atoms with E-state index >= 15 is 0 Å². The zero-order chi connectivity index (χ0) is 39.8. The molecule has 1 aliphatic carbocycles. The largest absolute Gasteiger partial charge is 0.496 e. The van der Waals surface area contributed by atoms with Crippen LogP contribution in [0.25, 0.3) is 11.1 Å². The fourth-order valence-electron chi connectivity index (χ4n) is 6.08. The number of methoxy groups -OCH3 is 1. The lowest BCUT2D eigenvalue weighted by molar-refractivity contribution is 0.0490. The number of benzene rings is 3. The molecule has 3 N–H and O–H groups in total. The van der Waals surface area contributed by atoms with E-state index in [4.69, 9.17) is 30.2 Å². The molecule has 11 nitrogen and oxygen atoms in total. The van der Waals surface area contributed by atoms with Gasteiger partial charge in [-0.3, -0.25) is 10.2 Å². The number of nitrogens with one attached hydrogen (secondary N) is 2. The van der Waals surface area contributed by atoms with Gasteiger partial charge < -0.3 is 29.1 Å². The second kappa shape index (κ2) is 17.9. The van der Waals surface area contributed by atoms with Crippen LogP contribution < -0.4 is 20.3 Å². The number of nitrogens with zero attached hydrogens (tertiary/aromatic N) is 1. The van der Waals surface area contributed by atoms with Crippen molar-refractivity contribution in [1.82, 2.24) is 5.32 Å². The minimum Gasteiger partial charge on any atom is -0.496 e. The first-order valence-corrected chi connectivity index (χ1v) is 21.7. The molecule has 13 heteroatoms. The number of rotatable bonds is 12. The van der Waals surface area contributed by atoms with E-state index in [0.717, 1.165) is 22.3 Å². The van der Waals surface area contributed by atoms with Gasteiger partial charge in [0.05, 0.1) is 36.7 Å². The van der Waals surface area contributed by atoms with Crippen molar-refractivity contribution in [2.75, 3.05) is 23.9 Å². The lowest BCUT2D eigenvalue weighted by Crippen LogP contribution is -2.47. The maximum atomic E-state index is 12.9. The zero-order valence-corrected chi connectivity index (χ0v) is 34.8. The van der Waals surface area contributed by atoms with Gasteiger partial charge in [0, 0.05) is 35.7 Å². The van der Waals surface area contributed by atoms with E-state index in [2.05, 4.69) is 44.5 Å². The molecule has 294 valence electrons. The normalized spacial score (nSPS) is 16.3. The minimum atomic E-state index is -2.02. The molecular formula is C41H56ClN3O8Si. The highest BCUT2D eigenvalue weighted by molar-refractivity contribution is 6.74. The highest BCUT2D eigenvalue weighted by Gasteiger charge is 2.37. The van der Waals surface area contributed by atoms with Crippen molar-refractivity contribution in [3.63, 3.8) is 0 Å². The number of carboxylic acid groups (broad SMARTS) is 1. The van der Waals surface area contributed by atoms with Crippen LogP contribution in [0.2, 0.25) is 23.2 Å². The van der Waals surface area contributed by atoms with Gasteiger partial charge in [-0.1, -0.05) is 74.8 Å². The average Bonchev–Trinajstić information content (AvgIpc) is 3.08. The Morgan fingerprint density at radius 2 is 1.59 bits per heavy atom. The van der Waals surface area contributed by atoms with Gasteiger partial charge in [0.15, 0.2) is 8.32 Å². The zero-order valence-electron chi connectivity index (χ0n) is 33.0. The fraction of sp³-hybridized carbons (Fsp3) is 0.488. The lowest BCUT2D eigenvalue weighted by Gasteiger charge is -2.36. The Kier molecular flexibility index (Phi) is 14.1. The summed E-state index contributed by atoms with van der Waals surface area (Å²) in [5, 5.41) is 16.6. The summed E-state index contributed by atoms with van der Waals surface area (Å²) in [6.07, 6.45) is 0.470. The van der Waals surface area contributed by atoms with Gasteiger partial charge in [0.1, 0.15) is 11.4 Å². The molecule has 4 rings (SSSR count). The molecule has 0 spiro atoms. The number of hydrogen-bond donors (Lipinski definition) is 3. The molecule has 0 aromatic heterocycles. The fourth-order valence-corrected chi connectivity index (χ4v) is 7.26. The molecule has 1 fully saturated rings. The summed E-state index contributed by atoms with van der Waals surface area (Å²) in [5.74, 6) is 0.537. The van der Waals surface area contributed by atoms with E-state index in [-0.39, 0.29) is 23.7 Å². The predicted octanol–water partition coefficient (Wildman–Crippen LogP) is 10.6. The third-order valence-electron chi connectivity index (χ3n) is 10.0. The quantitative estimate of drug-likeness (QED) is 0.155. The van der Waals surface area contributed by atoms with Crippen molar-refractivity contribution in [2.24, 2.45) is 0 Å². The SMILES string of the molecule is COc1cc(NC(=O)OCCc2ccc(-c3ccccc3)c(N(C(=O)O)[C@H]3CC[C@H](NC(=O)OC(C)(C)C)CC3)c2)c(Cl)cc1CO[Si](C)(C)C(C)(C)C. The maximum absolute atomic E-state index is 12.9. The summed E-state index contributed by atoms with van der Waals surface area (Å²) in [4.78, 5) is 39.7. The summed E-state index contributed by atoms with van der Waals surface area (Å²) in [6, 6.07) is 18.3. The molecule has 1 aliphatic rings. The molecule has 1 saturated carbocycles. The monoisotopic (exact) mass is 781 g/mol. The third-order valence-corrected chi connectivity index (χ3v) is 14.8. The van der Waals surface area contributed by atoms with Crippen LogP contribution in [-0.2, 0) is 26.9 Å². The van der Waals surface area contributed by atoms with E-state index in [1.54, 1.807) is 19.2 Å². The van der Waals surface area contributed by atoms with E-state index < -0.39 is 32.2 Å². The second-order valence-corrected chi connectivity index (χ2v) is 21.4. The van der Waals surface area contributed by atoms with Crippen molar-refractivity contribution in [2.45, 2.75) is 116 Å². The highest BCUT2D eigenvalue weighted by atomic mass is 35.5. The van der Waals surface area contributed by atoms with Crippen LogP contribution in [0, 0.1) is 0 Å². The van der Waals surface area contributed by atoms with Gasteiger partial charge in [0.2, 0.25) is 0 Å². The Bertz CT molecular complexity index is 1770. The van der Waals surface area contributed by atoms with Crippen LogP contribution in [0.4, 0.5) is 25.8 Å². The van der Waals surface area contributed by atoms with Crippen LogP contribution in [0.5, 0.6) is 5.75 Å². The number of halogens is 1. The van der Waals surface area contributed by atoms with Crippen molar-refractivity contribution in [1.29, 1.82) is 0 Å². The Hall–Kier alpha value is -4.26. The average molecular weight is 782 g/mol. The van der Waals surface area contributed by atoms with E-state index in [0.29, 0.717) is 60.9 Å². The number of anilines is 2. The smallest absolute Gasteiger partial charge is 0.412 e. The van der Waals surface area contributed by atoms with Gasteiger partial charge in [-0.15, -0.1) is 0 Å². The van der Waals surface area contributed by atoms with Crippen LogP contribution >= 0.6 is 11.6 Å². The highest BCUT2D eigenvalue weighted by Crippen LogP contribution is 2.39. The molecular weight excluding hydrogens is 726 g/mol. The molecule has 3 aromatic carbocycles. The molecule has 0 saturated heterocycles. The Morgan fingerprint density at radius 3 is 2.19 bits per heavy atom. The number of carbonyl (C=O) groups excluding carboxylic acids is 2. The Balaban J connectivity index is 1.44. The first kappa shape index (κ1) is 42.5. The van der Waals surface area contributed by atoms with Gasteiger partial charge >= 0.3 is 18.3 Å². The molecule has 54 heavy (non-hydrogen) atoms. The van der Waals surface area contributed by atoms with E-state index in [9.17, 15) is 19.5 Å². The standard InChI is InChI=1S/C41H56ClN3O8Si/c1-40(2,3)53-38(47)43-30-16-18-31(19-17-30)45(39(48)49)35-23-27(15-20-32(35)28-13-11-10-12-14-28)21-22-51-37(46)44-34-25-36(50-7)29(24-33(34)42)26-52-54(8,9)41(4,5)6/h10-15,20,23-25,30-31H,16-19,21-22,26H2,1-9H3,(H,43,47)(H,44,46)(H,48,49)/t30-,31-. The summed E-state index contributed by atoms with van der Waals surface area (Å²) in [5.41, 5.74) is 3.52. The van der Waals surface area contributed by atoms with E-state index in [1.807, 2.05) is 69.3 Å². The van der Waals surface area contributed by atoms with Gasteiger partial charge in [-0.05, 0) is 87.8 Å². The van der Waals surface area contributed by atoms with Gasteiger partial charge in [0.25, 0.3) is 0 Å². The van der Waals surface area contributed by atoms with Crippen LogP contribution in [0.15, 0.2) is 60.7 Å². The molecule has 0 aliphatic heterocycles. The van der Waals surface area contributed by atoms with Crippen molar-refractivity contribution in [3.05, 3.63) is 76.8 Å². The summed E-state index contributed by atoms with van der Waals surface area (Å²) in [7, 11) is -0.465. The molecule has 3 amide bonds. The number of amides is 3. The van der Waals surface area contributed by atoms with Crippen molar-refractivity contribution >= 4 is 49.6 Å². The van der Waals surface area contributed by atoms with Crippen LogP contribution in [0.3, 0.4) is 0 Å². The third kappa shape index (κ3) is 11.6. The number of hydrogen-bond acceptors (Lipinski definition) is 7. The Morgan fingerprint density at radius 1 is 0.926 bits per heavy atom. The molecule has 0 heterocycles. The summed E-state index contributed by atoms with van der Waals surface area (Å²) >= 11 is 6.58. The van der Waals surface area contributed by atoms with Crippen LogP contribution in [-0.4, -0.2) is 63.1 Å². The number of ether oxygens (including phenoxy) is 3. The minimum absolute atomic E-state index is 0.0393. The molecule has 0 bridgehead atoms. The molecule has 3 aromatic rings. The molecule has 0 unspecified atom stereocenters. The topological polar surface area (TPSA) is 136 Å². The number of alkyl carbamates (subject to hydrolysis) is 1. The van der Waals surface area contributed by atoms with Crippen molar-refractivity contribution < 1.29 is 38.1 Å². The Labute approximate surface area is 325 Å². The molecule has 0 radical (unpaired) electrons. The first-order valence-electron chi connectivity index (χ1n) is 18.4. The predicted molar refractivity (Wildman–Crippen MR) is 216 cm³/mol. The van der Waals surface area contributed by atoms with E-state index in [1.165, 1.54) is 4.90 Å². The molecule has 0 atom stereocenters. The summed E-state index contributed by atoms with van der Waals surface area (Å²) < 4.78 is 22.9. The lowest BCUT2D eigenvalue weighted by atomic mass is 9.89. The van der Waals surface area contributed by atoms with Crippen LogP contribution in [0.1, 0.15) is 78.4 Å². The first-order chi connectivity index (χ1) is 25.3. The van der Waals surface area contributed by atoms with Gasteiger partial charge in [-0.25, -0.2) is 14.4 Å². The van der Waals surface area contributed by atoms with Crippen molar-refractivity contribution in [3.8, 4) is 16.9 Å². The maximum Gasteiger partial charge on any atom is 0.412 e.